The van der Waals surface area contributed by atoms with Crippen molar-refractivity contribution in [2.24, 2.45) is 11.3 Å². The van der Waals surface area contributed by atoms with Crippen molar-refractivity contribution >= 4 is 46.4 Å². The lowest BCUT2D eigenvalue weighted by Gasteiger charge is -2.40. The van der Waals surface area contributed by atoms with E-state index < -0.39 is 6.04 Å². The third-order valence-corrected chi connectivity index (χ3v) is 13.8. The molecular formula is C45H53ClFN7O3. The number of anilines is 3. The first-order valence-corrected chi connectivity index (χ1v) is 21.2. The summed E-state index contributed by atoms with van der Waals surface area (Å²) in [6.45, 7) is 9.57. The SMILES string of the molecule is C[C@@H]1CC2(CCN(c3cccc(C(=O)N4CCC(CN5CCC(c6ccc(NC7CCC(=O)NC7=O)cc6F)CC5)CC4)c3)CC2)CN1c1ccc(C#N)c(Cl)c1. The van der Waals surface area contributed by atoms with Gasteiger partial charge in [0.2, 0.25) is 11.8 Å². The number of amides is 3. The summed E-state index contributed by atoms with van der Waals surface area (Å²) in [5, 5.41) is 15.2. The fraction of sp³-hybridized carbons (Fsp3) is 0.511. The Hall–Kier alpha value is -4.66. The maximum absolute atomic E-state index is 15.3. The number of hydrogen-bond acceptors (Lipinski definition) is 8. The predicted octanol–water partition coefficient (Wildman–Crippen LogP) is 7.19. The molecule has 300 valence electrons. The van der Waals surface area contributed by atoms with E-state index in [0.717, 1.165) is 120 Å². The summed E-state index contributed by atoms with van der Waals surface area (Å²) >= 11 is 6.39. The molecule has 10 nitrogen and oxygen atoms in total. The van der Waals surface area contributed by atoms with Crippen LogP contribution in [0, 0.1) is 28.5 Å². The summed E-state index contributed by atoms with van der Waals surface area (Å²) in [7, 11) is 0. The van der Waals surface area contributed by atoms with Crippen LogP contribution in [0.1, 0.15) is 92.1 Å². The maximum Gasteiger partial charge on any atom is 0.253 e. The van der Waals surface area contributed by atoms with Gasteiger partial charge in [-0.05, 0) is 143 Å². The molecule has 0 radical (unpaired) electrons. The number of rotatable bonds is 8. The second-order valence-electron chi connectivity index (χ2n) is 17.2. The Labute approximate surface area is 340 Å². The molecule has 2 N–H and O–H groups in total. The topological polar surface area (TPSA) is 112 Å². The smallest absolute Gasteiger partial charge is 0.253 e. The molecule has 0 saturated carbocycles. The molecular weight excluding hydrogens is 741 g/mol. The number of nitrogens with zero attached hydrogens (tertiary/aromatic N) is 5. The number of imide groups is 1. The number of benzene rings is 3. The number of hydrogen-bond donors (Lipinski definition) is 2. The summed E-state index contributed by atoms with van der Waals surface area (Å²) in [6.07, 6.45) is 7.76. The molecule has 2 atom stereocenters. The van der Waals surface area contributed by atoms with Gasteiger partial charge in [-0.15, -0.1) is 0 Å². The zero-order chi connectivity index (χ0) is 39.7. The van der Waals surface area contributed by atoms with Gasteiger partial charge in [-0.25, -0.2) is 4.39 Å². The van der Waals surface area contributed by atoms with Gasteiger partial charge in [0.05, 0.1) is 10.6 Å². The van der Waals surface area contributed by atoms with Crippen LogP contribution < -0.4 is 20.4 Å². The van der Waals surface area contributed by atoms with Gasteiger partial charge in [0.1, 0.15) is 17.9 Å². The third-order valence-electron chi connectivity index (χ3n) is 13.5. The van der Waals surface area contributed by atoms with E-state index in [-0.39, 0.29) is 41.3 Å². The second-order valence-corrected chi connectivity index (χ2v) is 17.6. The van der Waals surface area contributed by atoms with Crippen LogP contribution in [0.5, 0.6) is 0 Å². The van der Waals surface area contributed by atoms with Gasteiger partial charge in [0.15, 0.2) is 0 Å². The largest absolute Gasteiger partial charge is 0.374 e. The monoisotopic (exact) mass is 793 g/mol. The Kier molecular flexibility index (Phi) is 11.5. The Morgan fingerprint density at radius 2 is 1.72 bits per heavy atom. The molecule has 5 heterocycles. The summed E-state index contributed by atoms with van der Waals surface area (Å²) in [5.41, 5.74) is 5.00. The van der Waals surface area contributed by atoms with E-state index in [1.807, 2.05) is 47.4 Å². The summed E-state index contributed by atoms with van der Waals surface area (Å²) < 4.78 is 15.3. The van der Waals surface area contributed by atoms with Crippen molar-refractivity contribution in [3.8, 4) is 6.07 Å². The van der Waals surface area contributed by atoms with Crippen molar-refractivity contribution in [2.45, 2.75) is 82.7 Å². The molecule has 8 rings (SSSR count). The molecule has 5 fully saturated rings. The predicted molar refractivity (Wildman–Crippen MR) is 221 cm³/mol. The maximum atomic E-state index is 15.3. The normalized spacial score (nSPS) is 23.4. The van der Waals surface area contributed by atoms with Gasteiger partial charge in [-0.2, -0.15) is 5.26 Å². The Morgan fingerprint density at radius 3 is 2.42 bits per heavy atom. The fourth-order valence-electron chi connectivity index (χ4n) is 10.1. The van der Waals surface area contributed by atoms with Crippen LogP contribution in [-0.4, -0.2) is 92.0 Å². The second kappa shape index (κ2) is 16.7. The fourth-order valence-corrected chi connectivity index (χ4v) is 10.4. The molecule has 0 aliphatic carbocycles. The van der Waals surface area contributed by atoms with Crippen LogP contribution in [0.15, 0.2) is 60.7 Å². The first kappa shape index (κ1) is 39.2. The third kappa shape index (κ3) is 8.63. The first-order chi connectivity index (χ1) is 27.6. The van der Waals surface area contributed by atoms with Crippen molar-refractivity contribution in [2.75, 3.05) is 67.5 Å². The van der Waals surface area contributed by atoms with Crippen LogP contribution >= 0.6 is 11.6 Å². The lowest BCUT2D eigenvalue weighted by Crippen LogP contribution is -2.47. The quantitative estimate of drug-likeness (QED) is 0.231. The van der Waals surface area contributed by atoms with Crippen LogP contribution in [-0.2, 0) is 9.59 Å². The van der Waals surface area contributed by atoms with Crippen molar-refractivity contribution in [1.29, 1.82) is 5.26 Å². The van der Waals surface area contributed by atoms with E-state index in [1.165, 1.54) is 6.07 Å². The molecule has 3 aromatic rings. The minimum Gasteiger partial charge on any atom is -0.374 e. The number of likely N-dealkylation sites (tertiary alicyclic amines) is 2. The molecule has 5 aliphatic rings. The molecule has 0 bridgehead atoms. The number of nitrogens with one attached hydrogen (secondary N) is 2. The zero-order valence-corrected chi connectivity index (χ0v) is 33.6. The van der Waals surface area contributed by atoms with Gasteiger partial charge in [-0.1, -0.05) is 23.7 Å². The van der Waals surface area contributed by atoms with Crippen molar-refractivity contribution in [3.63, 3.8) is 0 Å². The Balaban J connectivity index is 0.779. The number of carbonyl (C=O) groups excluding carboxylic acids is 3. The highest BCUT2D eigenvalue weighted by atomic mass is 35.5. The highest BCUT2D eigenvalue weighted by molar-refractivity contribution is 6.32. The molecule has 3 aromatic carbocycles. The minimum absolute atomic E-state index is 0.117. The molecule has 5 saturated heterocycles. The van der Waals surface area contributed by atoms with Crippen molar-refractivity contribution in [1.82, 2.24) is 15.1 Å². The molecule has 12 heteroatoms. The number of nitriles is 1. The average molecular weight is 794 g/mol. The van der Waals surface area contributed by atoms with Crippen molar-refractivity contribution in [3.05, 3.63) is 88.2 Å². The molecule has 1 spiro atoms. The summed E-state index contributed by atoms with van der Waals surface area (Å²) in [4.78, 5) is 46.7. The van der Waals surface area contributed by atoms with Gasteiger partial charge < -0.3 is 24.9 Å². The molecule has 1 unspecified atom stereocenters. The lowest BCUT2D eigenvalue weighted by molar-refractivity contribution is -0.133. The van der Waals surface area contributed by atoms with Crippen LogP contribution in [0.4, 0.5) is 21.5 Å². The van der Waals surface area contributed by atoms with Gasteiger partial charge in [-0.3, -0.25) is 19.7 Å². The van der Waals surface area contributed by atoms with Crippen LogP contribution in [0.2, 0.25) is 5.02 Å². The Bertz CT molecular complexity index is 2030. The van der Waals surface area contributed by atoms with E-state index in [4.69, 9.17) is 11.6 Å². The zero-order valence-electron chi connectivity index (χ0n) is 32.8. The van der Waals surface area contributed by atoms with E-state index in [1.54, 1.807) is 0 Å². The van der Waals surface area contributed by atoms with Crippen LogP contribution in [0.25, 0.3) is 0 Å². The highest BCUT2D eigenvalue weighted by Gasteiger charge is 2.44. The van der Waals surface area contributed by atoms with E-state index in [2.05, 4.69) is 50.5 Å². The number of halogens is 2. The molecule has 5 aliphatic heterocycles. The number of piperidine rings is 4. The number of carbonyl (C=O) groups is 3. The lowest BCUT2D eigenvalue weighted by atomic mass is 9.76. The first-order valence-electron chi connectivity index (χ1n) is 20.8. The average Bonchev–Trinajstić information content (AvgIpc) is 3.54. The molecule has 0 aromatic heterocycles. The summed E-state index contributed by atoms with van der Waals surface area (Å²) in [6, 6.07) is 21.2. The standard InChI is InChI=1S/C45H53ClFN7O3/c1-30-26-45(29-54(30)37-7-5-34(27-48)39(46)25-37)15-21-52(22-16-45)36-4-2-3-33(23-36)44(57)53-19-11-31(12-20-53)28-51-17-13-32(14-18-51)38-8-6-35(24-40(38)47)49-41-9-10-42(55)50-43(41)56/h2-8,23-25,30-32,41,49H,9-22,26,28-29H2,1H3,(H,50,55,56)/t30-,41?/m1/s1. The van der Waals surface area contributed by atoms with Gasteiger partial charge in [0, 0.05) is 74.4 Å². The molecule has 57 heavy (non-hydrogen) atoms. The minimum atomic E-state index is -0.537. The van der Waals surface area contributed by atoms with Crippen LogP contribution in [0.3, 0.4) is 0 Å². The van der Waals surface area contributed by atoms with E-state index >= 15 is 4.39 Å². The Morgan fingerprint density at radius 1 is 0.947 bits per heavy atom. The highest BCUT2D eigenvalue weighted by Crippen LogP contribution is 2.46. The van der Waals surface area contributed by atoms with Gasteiger partial charge >= 0.3 is 0 Å². The van der Waals surface area contributed by atoms with E-state index in [0.29, 0.717) is 34.7 Å². The van der Waals surface area contributed by atoms with Gasteiger partial charge in [0.25, 0.3) is 5.91 Å². The molecule has 3 amide bonds. The van der Waals surface area contributed by atoms with E-state index in [9.17, 15) is 19.6 Å². The van der Waals surface area contributed by atoms with Crippen molar-refractivity contribution < 1.29 is 18.8 Å². The summed E-state index contributed by atoms with van der Waals surface area (Å²) in [5.74, 6) is -0.0799.